The Morgan fingerprint density at radius 1 is 1.12 bits per heavy atom. The molecule has 1 aromatic heterocycles. The van der Waals surface area contributed by atoms with Crippen molar-refractivity contribution in [2.24, 2.45) is 16.8 Å². The average molecular weight is 568 g/mol. The second-order valence-electron chi connectivity index (χ2n) is 9.06. The lowest BCUT2D eigenvalue weighted by atomic mass is 9.97. The van der Waals surface area contributed by atoms with E-state index in [0.29, 0.717) is 5.92 Å². The first-order valence-corrected chi connectivity index (χ1v) is 12.8. The molecule has 1 unspecified atom stereocenters. The standard InChI is InChI=1S/C25H37N5S.HI/c1-3-26-25(30-14-11-23(17-30)15-21-7-5-4-6-8-21)27-16-22-9-12-29(13-10-22)18-24-19-31-20(2)28-24;/h4-8,19,22-23H,3,9-18H2,1-2H3,(H,26,27);1H. The highest BCUT2D eigenvalue weighted by Crippen LogP contribution is 2.23. The van der Waals surface area contributed by atoms with Gasteiger partial charge >= 0.3 is 0 Å². The van der Waals surface area contributed by atoms with Gasteiger partial charge in [-0.05, 0) is 70.0 Å². The van der Waals surface area contributed by atoms with E-state index in [4.69, 9.17) is 4.99 Å². The predicted molar refractivity (Wildman–Crippen MR) is 146 cm³/mol. The molecule has 2 saturated heterocycles. The van der Waals surface area contributed by atoms with Crippen LogP contribution < -0.4 is 5.32 Å². The van der Waals surface area contributed by atoms with E-state index in [1.54, 1.807) is 11.3 Å². The lowest BCUT2D eigenvalue weighted by Gasteiger charge is -2.31. The number of benzene rings is 1. The van der Waals surface area contributed by atoms with Crippen molar-refractivity contribution < 1.29 is 0 Å². The van der Waals surface area contributed by atoms with E-state index >= 15 is 0 Å². The van der Waals surface area contributed by atoms with Crippen molar-refractivity contribution in [1.29, 1.82) is 0 Å². The Hall–Kier alpha value is -1.19. The lowest BCUT2D eigenvalue weighted by molar-refractivity contribution is 0.179. The van der Waals surface area contributed by atoms with Crippen molar-refractivity contribution in [2.45, 2.75) is 46.1 Å². The molecule has 1 aromatic carbocycles. The van der Waals surface area contributed by atoms with E-state index in [9.17, 15) is 0 Å². The number of rotatable bonds is 7. The highest BCUT2D eigenvalue weighted by molar-refractivity contribution is 14.0. The maximum Gasteiger partial charge on any atom is 0.193 e. The number of nitrogens with zero attached hydrogens (tertiary/aromatic N) is 4. The molecular weight excluding hydrogens is 529 g/mol. The Morgan fingerprint density at radius 2 is 1.88 bits per heavy atom. The third kappa shape index (κ3) is 7.42. The van der Waals surface area contributed by atoms with Crippen LogP contribution in [-0.4, -0.2) is 60.0 Å². The lowest BCUT2D eigenvalue weighted by Crippen LogP contribution is -2.41. The Kier molecular flexibility index (Phi) is 10.2. The van der Waals surface area contributed by atoms with Crippen LogP contribution >= 0.6 is 35.3 Å². The van der Waals surface area contributed by atoms with E-state index < -0.39 is 0 Å². The number of thiazole rings is 1. The highest BCUT2D eigenvalue weighted by Gasteiger charge is 2.26. The number of aliphatic imine (C=N–C) groups is 1. The molecule has 32 heavy (non-hydrogen) atoms. The zero-order valence-electron chi connectivity index (χ0n) is 19.5. The fourth-order valence-electron chi connectivity index (χ4n) is 4.82. The number of piperidine rings is 1. The van der Waals surface area contributed by atoms with Gasteiger partial charge in [-0.1, -0.05) is 30.3 Å². The van der Waals surface area contributed by atoms with Crippen molar-refractivity contribution in [1.82, 2.24) is 20.1 Å². The molecule has 1 atom stereocenters. The normalized spacial score (nSPS) is 20.4. The van der Waals surface area contributed by atoms with E-state index in [0.717, 1.165) is 57.7 Å². The summed E-state index contributed by atoms with van der Waals surface area (Å²) >= 11 is 1.75. The maximum atomic E-state index is 5.08. The molecular formula is C25H38IN5S. The Morgan fingerprint density at radius 3 is 2.56 bits per heavy atom. The molecule has 3 heterocycles. The van der Waals surface area contributed by atoms with Gasteiger partial charge in [0, 0.05) is 38.1 Å². The minimum atomic E-state index is 0. The van der Waals surface area contributed by atoms with Crippen LogP contribution in [0.4, 0.5) is 0 Å². The zero-order valence-corrected chi connectivity index (χ0v) is 22.6. The van der Waals surface area contributed by atoms with Gasteiger partial charge in [0.2, 0.25) is 0 Å². The van der Waals surface area contributed by atoms with E-state index in [1.807, 2.05) is 0 Å². The van der Waals surface area contributed by atoms with Gasteiger partial charge in [-0.3, -0.25) is 9.89 Å². The molecule has 2 aliphatic heterocycles. The number of aryl methyl sites for hydroxylation is 1. The Balaban J connectivity index is 0.00000289. The third-order valence-electron chi connectivity index (χ3n) is 6.55. The Bertz CT molecular complexity index is 832. The monoisotopic (exact) mass is 567 g/mol. The number of aromatic nitrogens is 1. The minimum absolute atomic E-state index is 0. The summed E-state index contributed by atoms with van der Waals surface area (Å²) in [6, 6.07) is 10.9. The SMILES string of the molecule is CCNC(=NCC1CCN(Cc2csc(C)n2)CC1)N1CCC(Cc2ccccc2)C1.I. The van der Waals surface area contributed by atoms with Gasteiger partial charge in [0.25, 0.3) is 0 Å². The predicted octanol–water partition coefficient (Wildman–Crippen LogP) is 4.81. The maximum absolute atomic E-state index is 5.08. The van der Waals surface area contributed by atoms with Crippen molar-refractivity contribution in [3.05, 3.63) is 52.0 Å². The summed E-state index contributed by atoms with van der Waals surface area (Å²) in [6.45, 7) is 11.7. The fraction of sp³-hybridized carbons (Fsp3) is 0.600. The van der Waals surface area contributed by atoms with Crippen molar-refractivity contribution in [2.75, 3.05) is 39.3 Å². The molecule has 0 saturated carbocycles. The molecule has 0 aliphatic carbocycles. The van der Waals surface area contributed by atoms with Gasteiger partial charge in [-0.15, -0.1) is 35.3 Å². The van der Waals surface area contributed by atoms with Crippen LogP contribution in [0.2, 0.25) is 0 Å². The van der Waals surface area contributed by atoms with Gasteiger partial charge in [-0.2, -0.15) is 0 Å². The van der Waals surface area contributed by atoms with Crippen molar-refractivity contribution in [3.63, 3.8) is 0 Å². The number of hydrogen-bond donors (Lipinski definition) is 1. The van der Waals surface area contributed by atoms with Crippen molar-refractivity contribution in [3.8, 4) is 0 Å². The minimum Gasteiger partial charge on any atom is -0.357 e. The smallest absolute Gasteiger partial charge is 0.193 e. The molecule has 2 aromatic rings. The molecule has 4 rings (SSSR count). The van der Waals surface area contributed by atoms with E-state index in [-0.39, 0.29) is 24.0 Å². The highest BCUT2D eigenvalue weighted by atomic mass is 127. The number of halogens is 1. The number of nitrogens with one attached hydrogen (secondary N) is 1. The number of hydrogen-bond acceptors (Lipinski definition) is 4. The van der Waals surface area contributed by atoms with E-state index in [2.05, 4.69) is 69.7 Å². The van der Waals surface area contributed by atoms with Gasteiger partial charge in [-0.25, -0.2) is 4.98 Å². The van der Waals surface area contributed by atoms with Crippen LogP contribution in [0.5, 0.6) is 0 Å². The van der Waals surface area contributed by atoms with Crippen molar-refractivity contribution >= 4 is 41.3 Å². The first-order valence-electron chi connectivity index (χ1n) is 11.9. The summed E-state index contributed by atoms with van der Waals surface area (Å²) in [5.74, 6) is 2.55. The first-order chi connectivity index (χ1) is 15.2. The van der Waals surface area contributed by atoms with Crippen LogP contribution in [0, 0.1) is 18.8 Å². The summed E-state index contributed by atoms with van der Waals surface area (Å²) in [6.07, 6.45) is 4.91. The second-order valence-corrected chi connectivity index (χ2v) is 10.1. The van der Waals surface area contributed by atoms with Crippen LogP contribution in [0.1, 0.15) is 42.5 Å². The molecule has 2 aliphatic rings. The van der Waals surface area contributed by atoms with Crippen LogP contribution in [0.25, 0.3) is 0 Å². The fourth-order valence-corrected chi connectivity index (χ4v) is 5.42. The molecule has 7 heteroatoms. The van der Waals surface area contributed by atoms with Crippen LogP contribution in [0.15, 0.2) is 40.7 Å². The molecule has 5 nitrogen and oxygen atoms in total. The summed E-state index contributed by atoms with van der Waals surface area (Å²) in [4.78, 5) is 14.7. The molecule has 0 radical (unpaired) electrons. The van der Waals surface area contributed by atoms with Gasteiger partial charge < -0.3 is 10.2 Å². The summed E-state index contributed by atoms with van der Waals surface area (Å²) in [5, 5.41) is 6.92. The molecule has 176 valence electrons. The molecule has 1 N–H and O–H groups in total. The van der Waals surface area contributed by atoms with Gasteiger partial charge in [0.15, 0.2) is 5.96 Å². The summed E-state index contributed by atoms with van der Waals surface area (Å²) in [5.41, 5.74) is 2.68. The zero-order chi connectivity index (χ0) is 21.5. The topological polar surface area (TPSA) is 43.8 Å². The van der Waals surface area contributed by atoms with Crippen LogP contribution in [-0.2, 0) is 13.0 Å². The number of likely N-dealkylation sites (tertiary alicyclic amines) is 2. The van der Waals surface area contributed by atoms with Gasteiger partial charge in [0.05, 0.1) is 10.7 Å². The molecule has 0 spiro atoms. The first kappa shape index (κ1) is 25.4. The number of guanidine groups is 1. The summed E-state index contributed by atoms with van der Waals surface area (Å²) in [7, 11) is 0. The van der Waals surface area contributed by atoms with E-state index in [1.165, 1.54) is 41.9 Å². The van der Waals surface area contributed by atoms with Gasteiger partial charge in [0.1, 0.15) is 0 Å². The average Bonchev–Trinajstić information content (AvgIpc) is 3.42. The largest absolute Gasteiger partial charge is 0.357 e. The Labute approximate surface area is 214 Å². The quantitative estimate of drug-likeness (QED) is 0.296. The summed E-state index contributed by atoms with van der Waals surface area (Å²) < 4.78 is 0. The third-order valence-corrected chi connectivity index (χ3v) is 7.37. The molecule has 0 amide bonds. The molecule has 0 bridgehead atoms. The molecule has 2 fully saturated rings. The second kappa shape index (κ2) is 12.9. The van der Waals surface area contributed by atoms with Crippen LogP contribution in [0.3, 0.4) is 0 Å².